The fraction of sp³-hybridized carbons (Fsp3) is 0.714. The van der Waals surface area contributed by atoms with Gasteiger partial charge in [0, 0.05) is 0 Å². The van der Waals surface area contributed by atoms with Crippen molar-refractivity contribution in [3.63, 3.8) is 0 Å². The molecule has 1 aromatic carbocycles. The van der Waals surface area contributed by atoms with Gasteiger partial charge in [-0.25, -0.2) is 0 Å². The second-order valence-electron chi connectivity index (χ2n) is 10.9. The molecule has 1 aliphatic rings. The van der Waals surface area contributed by atoms with E-state index in [1.807, 2.05) is 0 Å². The molecule has 1 aliphatic carbocycles. The van der Waals surface area contributed by atoms with Crippen LogP contribution < -0.4 is 0 Å². The van der Waals surface area contributed by atoms with E-state index in [2.05, 4.69) is 82.2 Å². The number of hydrogen-bond donors (Lipinski definition) is 0. The zero-order chi connectivity index (χ0) is 22.7. The van der Waals surface area contributed by atoms with Gasteiger partial charge in [0.05, 0.1) is 0 Å². The molecule has 0 spiro atoms. The SMILES string of the molecule is CCC[CH2][Sn]([CH2]CCC)([CH2]CCC)[C@H]1[C@H](C#C[Si](C)(C)C)[C@H]1COCc1ccccc1. The third kappa shape index (κ3) is 8.90. The van der Waals surface area contributed by atoms with Crippen LogP contribution in [-0.4, -0.2) is 33.1 Å². The Morgan fingerprint density at radius 2 is 1.42 bits per heavy atom. The van der Waals surface area contributed by atoms with E-state index in [9.17, 15) is 0 Å². The quantitative estimate of drug-likeness (QED) is 0.168. The Morgan fingerprint density at radius 1 is 0.871 bits per heavy atom. The molecule has 174 valence electrons. The molecular weight excluding hydrogens is 499 g/mol. The van der Waals surface area contributed by atoms with Crippen molar-refractivity contribution in [2.45, 2.75) is 103 Å². The maximum absolute atomic E-state index is 6.32. The molecule has 0 unspecified atom stereocenters. The first-order valence-corrected chi connectivity index (χ1v) is 24.2. The predicted octanol–water partition coefficient (Wildman–Crippen LogP) is 8.55. The van der Waals surface area contributed by atoms with Crippen molar-refractivity contribution in [3.8, 4) is 11.5 Å². The van der Waals surface area contributed by atoms with Crippen molar-refractivity contribution in [1.82, 2.24) is 0 Å². The van der Waals surface area contributed by atoms with Crippen molar-refractivity contribution < 1.29 is 4.74 Å². The van der Waals surface area contributed by atoms with E-state index in [0.717, 1.165) is 17.1 Å². The van der Waals surface area contributed by atoms with Crippen LogP contribution in [0.2, 0.25) is 36.9 Å². The van der Waals surface area contributed by atoms with Gasteiger partial charge >= 0.3 is 200 Å². The van der Waals surface area contributed by atoms with E-state index in [1.54, 1.807) is 13.3 Å². The van der Waals surface area contributed by atoms with Gasteiger partial charge in [-0.05, 0) is 0 Å². The number of ether oxygens (including phenoxy) is 1. The van der Waals surface area contributed by atoms with Gasteiger partial charge in [0.25, 0.3) is 0 Å². The molecule has 1 aromatic rings. The van der Waals surface area contributed by atoms with Crippen LogP contribution in [0.4, 0.5) is 0 Å². The van der Waals surface area contributed by atoms with Crippen LogP contribution in [0, 0.1) is 23.3 Å². The number of hydrogen-bond acceptors (Lipinski definition) is 1. The first-order valence-electron chi connectivity index (χ1n) is 13.0. The summed E-state index contributed by atoms with van der Waals surface area (Å²) in [4.78, 5) is 0. The van der Waals surface area contributed by atoms with Crippen molar-refractivity contribution in [3.05, 3.63) is 35.9 Å². The molecule has 0 saturated heterocycles. The summed E-state index contributed by atoms with van der Waals surface area (Å²) in [5, 5.41) is 0. The standard InChI is InChI=1S/C16H21OSi.3C4H9.Sn/c1-18(2,3)10-9-15-11-16(15)13-17-12-14-7-5-4-6-8-14;3*1-3-4-2;/h4-8,11,15-16H,12-13H2,1-3H3;3*1,3-4H2,2H3;/t15-,16+;;;;/m0..../s1. The van der Waals surface area contributed by atoms with E-state index in [-0.39, 0.29) is 0 Å². The number of unbranched alkanes of at least 4 members (excludes halogenated alkanes) is 3. The van der Waals surface area contributed by atoms with Gasteiger partial charge in [-0.15, -0.1) is 0 Å². The van der Waals surface area contributed by atoms with Crippen LogP contribution in [0.5, 0.6) is 0 Å². The van der Waals surface area contributed by atoms with Gasteiger partial charge < -0.3 is 0 Å². The zero-order valence-electron chi connectivity index (χ0n) is 21.3. The summed E-state index contributed by atoms with van der Waals surface area (Å²) in [5.41, 5.74) is 5.05. The summed E-state index contributed by atoms with van der Waals surface area (Å²) >= 11 is -2.27. The van der Waals surface area contributed by atoms with Gasteiger partial charge in [-0.1, -0.05) is 0 Å². The molecule has 1 fully saturated rings. The normalized spacial score (nSPS) is 20.9. The van der Waals surface area contributed by atoms with Crippen molar-refractivity contribution >= 4 is 26.5 Å². The summed E-state index contributed by atoms with van der Waals surface area (Å²) in [7, 11) is -1.34. The first-order chi connectivity index (χ1) is 14.9. The number of benzene rings is 1. The Balaban J connectivity index is 2.20. The predicted molar refractivity (Wildman–Crippen MR) is 143 cm³/mol. The van der Waals surface area contributed by atoms with E-state index in [0.29, 0.717) is 11.8 Å². The fourth-order valence-electron chi connectivity index (χ4n) is 5.26. The topological polar surface area (TPSA) is 9.23 Å². The molecule has 0 bridgehead atoms. The van der Waals surface area contributed by atoms with Crippen LogP contribution in [-0.2, 0) is 11.3 Å². The Labute approximate surface area is 199 Å². The second kappa shape index (κ2) is 13.5. The third-order valence-electron chi connectivity index (χ3n) is 7.00. The second-order valence-corrected chi connectivity index (χ2v) is 29.6. The molecule has 0 amide bonds. The van der Waals surface area contributed by atoms with Crippen LogP contribution >= 0.6 is 0 Å². The number of rotatable bonds is 14. The molecule has 3 atom stereocenters. The van der Waals surface area contributed by atoms with Crippen molar-refractivity contribution in [2.75, 3.05) is 6.61 Å². The summed E-state index contributed by atoms with van der Waals surface area (Å²) in [6.45, 7) is 16.0. The van der Waals surface area contributed by atoms with Gasteiger partial charge in [0.1, 0.15) is 0 Å². The minimum atomic E-state index is -2.27. The fourth-order valence-corrected chi connectivity index (χ4v) is 26.2. The van der Waals surface area contributed by atoms with E-state index in [1.165, 1.54) is 44.1 Å². The van der Waals surface area contributed by atoms with Crippen LogP contribution in [0.25, 0.3) is 0 Å². The molecule has 0 radical (unpaired) electrons. The first kappa shape index (κ1) is 27.0. The Bertz CT molecular complexity index is 663. The maximum atomic E-state index is 6.32. The molecule has 0 aromatic heterocycles. The molecule has 2 rings (SSSR count). The molecule has 1 nitrogen and oxygen atoms in total. The summed E-state index contributed by atoms with van der Waals surface area (Å²) in [6, 6.07) is 10.7. The average molecular weight is 547 g/mol. The molecule has 0 N–H and O–H groups in total. The van der Waals surface area contributed by atoms with Crippen LogP contribution in [0.15, 0.2) is 30.3 Å². The van der Waals surface area contributed by atoms with Gasteiger partial charge in [-0.2, -0.15) is 0 Å². The van der Waals surface area contributed by atoms with Gasteiger partial charge in [-0.3, -0.25) is 0 Å². The molecule has 31 heavy (non-hydrogen) atoms. The van der Waals surface area contributed by atoms with Gasteiger partial charge in [0.15, 0.2) is 0 Å². The van der Waals surface area contributed by atoms with Crippen LogP contribution in [0.1, 0.15) is 64.9 Å². The van der Waals surface area contributed by atoms with Crippen molar-refractivity contribution in [2.24, 2.45) is 11.8 Å². The molecular formula is C28H48OSiSn. The van der Waals surface area contributed by atoms with Crippen molar-refractivity contribution in [1.29, 1.82) is 0 Å². The van der Waals surface area contributed by atoms with E-state index >= 15 is 0 Å². The zero-order valence-corrected chi connectivity index (χ0v) is 25.2. The summed E-state index contributed by atoms with van der Waals surface area (Å²) in [5.74, 6) is 5.22. The molecule has 1 saturated carbocycles. The van der Waals surface area contributed by atoms with Crippen LogP contribution in [0.3, 0.4) is 0 Å². The summed E-state index contributed by atoms with van der Waals surface area (Å²) in [6.07, 6.45) is 8.40. The Hall–Kier alpha value is -0.244. The monoisotopic (exact) mass is 548 g/mol. The minimum absolute atomic E-state index is 0.642. The third-order valence-corrected chi connectivity index (χ3v) is 25.7. The Morgan fingerprint density at radius 3 is 1.90 bits per heavy atom. The Kier molecular flexibility index (Phi) is 11.7. The molecule has 3 heteroatoms. The van der Waals surface area contributed by atoms with E-state index < -0.39 is 26.5 Å². The molecule has 0 aliphatic heterocycles. The van der Waals surface area contributed by atoms with Gasteiger partial charge in [0.2, 0.25) is 0 Å². The summed E-state index contributed by atoms with van der Waals surface area (Å²) < 4.78 is 12.0. The average Bonchev–Trinajstić information content (AvgIpc) is 3.46. The molecule has 0 heterocycles. The van der Waals surface area contributed by atoms with E-state index in [4.69, 9.17) is 4.74 Å².